The van der Waals surface area contributed by atoms with Gasteiger partial charge in [-0.15, -0.1) is 0 Å². The molecule has 0 radical (unpaired) electrons. The standard InChI is InChI=1S/C32H31F4N7O/c1-21-4-6-24(15-23(21)7-5-22-14-29(33)30(37-17-22)39-27-18-38-42(3)20-27)31(44)40-26-9-8-25(28(16-26)32(34,35)36)19-43-12-10-41(2)11-13-43/h4,6,8-9,14-18,20H,10-13,19H2,1-3H3,(H,37,39)(H,40,44). The molecule has 228 valence electrons. The van der Waals surface area contributed by atoms with Crippen molar-refractivity contribution in [1.29, 1.82) is 0 Å². The van der Waals surface area contributed by atoms with Crippen LogP contribution in [0.5, 0.6) is 0 Å². The number of carbonyl (C=O) groups excluding carboxylic acids is 1. The Kier molecular flexibility index (Phi) is 8.98. The first-order valence-electron chi connectivity index (χ1n) is 13.9. The molecule has 0 aliphatic carbocycles. The summed E-state index contributed by atoms with van der Waals surface area (Å²) < 4.78 is 58.2. The number of nitrogens with zero attached hydrogens (tertiary/aromatic N) is 5. The van der Waals surface area contributed by atoms with E-state index in [1.807, 2.05) is 11.9 Å². The van der Waals surface area contributed by atoms with E-state index < -0.39 is 23.5 Å². The second kappa shape index (κ2) is 12.9. The molecule has 0 saturated carbocycles. The van der Waals surface area contributed by atoms with Crippen LogP contribution in [-0.4, -0.2) is 63.7 Å². The first kappa shape index (κ1) is 30.7. The SMILES string of the molecule is Cc1ccc(C(=O)Nc2ccc(CN3CCN(C)CC3)c(C(F)(F)F)c2)cc1C#Cc1cnc(Nc2cnn(C)c2)c(F)c1. The van der Waals surface area contributed by atoms with Gasteiger partial charge >= 0.3 is 6.18 Å². The Balaban J connectivity index is 1.30. The summed E-state index contributed by atoms with van der Waals surface area (Å²) in [6.07, 6.45) is 0.0735. The molecule has 12 heteroatoms. The van der Waals surface area contributed by atoms with E-state index in [1.165, 1.54) is 24.4 Å². The maximum atomic E-state index is 14.6. The molecule has 5 rings (SSSR count). The van der Waals surface area contributed by atoms with E-state index in [4.69, 9.17) is 0 Å². The zero-order valence-corrected chi connectivity index (χ0v) is 24.5. The number of halogens is 4. The summed E-state index contributed by atoms with van der Waals surface area (Å²) >= 11 is 0. The molecular formula is C32H31F4N7O. The van der Waals surface area contributed by atoms with Crippen LogP contribution in [0.25, 0.3) is 0 Å². The van der Waals surface area contributed by atoms with E-state index in [0.717, 1.165) is 24.7 Å². The smallest absolute Gasteiger partial charge is 0.335 e. The number of benzene rings is 2. The van der Waals surface area contributed by atoms with Gasteiger partial charge in [-0.3, -0.25) is 14.4 Å². The highest BCUT2D eigenvalue weighted by atomic mass is 19.4. The summed E-state index contributed by atoms with van der Waals surface area (Å²) in [6, 6.07) is 9.95. The van der Waals surface area contributed by atoms with Gasteiger partial charge in [0.05, 0.1) is 17.4 Å². The number of amides is 1. The lowest BCUT2D eigenvalue weighted by atomic mass is 10.0. The van der Waals surface area contributed by atoms with Crippen LogP contribution >= 0.6 is 0 Å². The average molecular weight is 606 g/mol. The molecule has 2 N–H and O–H groups in total. The number of pyridine rings is 1. The van der Waals surface area contributed by atoms with E-state index in [0.29, 0.717) is 29.9 Å². The normalized spacial score (nSPS) is 14.2. The van der Waals surface area contributed by atoms with Gasteiger partial charge in [-0.25, -0.2) is 9.37 Å². The molecule has 1 aliphatic rings. The summed E-state index contributed by atoms with van der Waals surface area (Å²) in [7, 11) is 3.73. The van der Waals surface area contributed by atoms with Crippen molar-refractivity contribution in [1.82, 2.24) is 24.6 Å². The molecule has 1 saturated heterocycles. The van der Waals surface area contributed by atoms with Crippen LogP contribution in [0.1, 0.15) is 38.2 Å². The van der Waals surface area contributed by atoms with Gasteiger partial charge in [0.15, 0.2) is 11.6 Å². The molecule has 3 heterocycles. The number of likely N-dealkylation sites (N-methyl/N-ethyl adjacent to an activating group) is 1. The van der Waals surface area contributed by atoms with Crippen molar-refractivity contribution < 1.29 is 22.4 Å². The van der Waals surface area contributed by atoms with Gasteiger partial charge in [0, 0.05) is 74.5 Å². The van der Waals surface area contributed by atoms with E-state index in [9.17, 15) is 22.4 Å². The number of carbonyl (C=O) groups is 1. The lowest BCUT2D eigenvalue weighted by Crippen LogP contribution is -2.44. The van der Waals surface area contributed by atoms with Gasteiger partial charge < -0.3 is 15.5 Å². The second-order valence-electron chi connectivity index (χ2n) is 10.8. The zero-order chi connectivity index (χ0) is 31.4. The van der Waals surface area contributed by atoms with Crippen LogP contribution in [0.2, 0.25) is 0 Å². The van der Waals surface area contributed by atoms with Crippen molar-refractivity contribution in [2.45, 2.75) is 19.6 Å². The zero-order valence-electron chi connectivity index (χ0n) is 24.5. The molecule has 8 nitrogen and oxygen atoms in total. The number of aryl methyl sites for hydroxylation is 2. The Morgan fingerprint density at radius 3 is 2.43 bits per heavy atom. The highest BCUT2D eigenvalue weighted by Gasteiger charge is 2.34. The molecule has 1 fully saturated rings. The molecule has 0 atom stereocenters. The van der Waals surface area contributed by atoms with Gasteiger partial charge in [-0.2, -0.15) is 18.3 Å². The Morgan fingerprint density at radius 1 is 0.977 bits per heavy atom. The third-order valence-corrected chi connectivity index (χ3v) is 7.31. The quantitative estimate of drug-likeness (QED) is 0.226. The lowest BCUT2D eigenvalue weighted by Gasteiger charge is -2.33. The second-order valence-corrected chi connectivity index (χ2v) is 10.8. The fourth-order valence-electron chi connectivity index (χ4n) is 4.76. The number of hydrogen-bond donors (Lipinski definition) is 2. The molecule has 2 aromatic carbocycles. The number of rotatable bonds is 6. The summed E-state index contributed by atoms with van der Waals surface area (Å²) in [5.74, 6) is 4.65. The lowest BCUT2D eigenvalue weighted by molar-refractivity contribution is -0.138. The molecule has 1 amide bonds. The number of hydrogen-bond acceptors (Lipinski definition) is 6. The number of nitrogens with one attached hydrogen (secondary N) is 2. The molecule has 2 aromatic heterocycles. The van der Waals surface area contributed by atoms with Crippen LogP contribution in [0.3, 0.4) is 0 Å². The summed E-state index contributed by atoms with van der Waals surface area (Å²) in [5.41, 5.74) is 1.84. The third kappa shape index (κ3) is 7.61. The van der Waals surface area contributed by atoms with Crippen LogP contribution in [0.15, 0.2) is 61.1 Å². The Hall–Kier alpha value is -4.73. The molecule has 0 spiro atoms. The predicted molar refractivity (Wildman–Crippen MR) is 160 cm³/mol. The van der Waals surface area contributed by atoms with Crippen molar-refractivity contribution in [3.05, 3.63) is 100 Å². The molecule has 44 heavy (non-hydrogen) atoms. The fraction of sp³-hybridized carbons (Fsp3) is 0.281. The maximum absolute atomic E-state index is 14.6. The molecule has 1 aliphatic heterocycles. The minimum absolute atomic E-state index is 0.0273. The Morgan fingerprint density at radius 2 is 1.75 bits per heavy atom. The van der Waals surface area contributed by atoms with Gasteiger partial charge in [0.1, 0.15) is 0 Å². The summed E-state index contributed by atoms with van der Waals surface area (Å²) in [6.45, 7) is 4.95. The Bertz CT molecular complexity index is 1730. The highest BCUT2D eigenvalue weighted by molar-refractivity contribution is 6.04. The summed E-state index contributed by atoms with van der Waals surface area (Å²) in [4.78, 5) is 21.3. The van der Waals surface area contributed by atoms with Gasteiger partial charge in [0.2, 0.25) is 0 Å². The van der Waals surface area contributed by atoms with Crippen LogP contribution in [0, 0.1) is 24.6 Å². The molecule has 0 bridgehead atoms. The van der Waals surface area contributed by atoms with Crippen molar-refractivity contribution in [2.75, 3.05) is 43.9 Å². The average Bonchev–Trinajstić information content (AvgIpc) is 3.39. The minimum Gasteiger partial charge on any atom is -0.335 e. The van der Waals surface area contributed by atoms with Gasteiger partial charge in [-0.05, 0) is 55.4 Å². The maximum Gasteiger partial charge on any atom is 0.416 e. The van der Waals surface area contributed by atoms with Crippen molar-refractivity contribution in [2.24, 2.45) is 7.05 Å². The van der Waals surface area contributed by atoms with Crippen molar-refractivity contribution >= 4 is 23.1 Å². The van der Waals surface area contributed by atoms with E-state index >= 15 is 0 Å². The summed E-state index contributed by atoms with van der Waals surface area (Å²) in [5, 5.41) is 9.45. The van der Waals surface area contributed by atoms with Gasteiger partial charge in [-0.1, -0.05) is 24.0 Å². The van der Waals surface area contributed by atoms with Crippen LogP contribution in [-0.2, 0) is 19.8 Å². The van der Waals surface area contributed by atoms with E-state index in [-0.39, 0.29) is 29.2 Å². The van der Waals surface area contributed by atoms with E-state index in [2.05, 4.69) is 37.5 Å². The topological polar surface area (TPSA) is 78.3 Å². The van der Waals surface area contributed by atoms with E-state index in [1.54, 1.807) is 49.2 Å². The van der Waals surface area contributed by atoms with Gasteiger partial charge in [0.25, 0.3) is 5.91 Å². The monoisotopic (exact) mass is 605 g/mol. The largest absolute Gasteiger partial charge is 0.416 e. The molecule has 4 aromatic rings. The van der Waals surface area contributed by atoms with Crippen molar-refractivity contribution in [3.63, 3.8) is 0 Å². The van der Waals surface area contributed by atoms with Crippen LogP contribution < -0.4 is 10.6 Å². The number of piperazine rings is 1. The minimum atomic E-state index is -4.57. The number of anilines is 3. The third-order valence-electron chi connectivity index (χ3n) is 7.31. The number of aromatic nitrogens is 3. The highest BCUT2D eigenvalue weighted by Crippen LogP contribution is 2.35. The van der Waals surface area contributed by atoms with Crippen molar-refractivity contribution in [3.8, 4) is 11.8 Å². The molecule has 0 unspecified atom stereocenters. The first-order chi connectivity index (χ1) is 20.9. The first-order valence-corrected chi connectivity index (χ1v) is 13.9. The molecular weight excluding hydrogens is 574 g/mol. The Labute approximate surface area is 252 Å². The fourth-order valence-corrected chi connectivity index (χ4v) is 4.76. The number of alkyl halides is 3. The van der Waals surface area contributed by atoms with Crippen LogP contribution in [0.4, 0.5) is 34.8 Å². The predicted octanol–water partition coefficient (Wildman–Crippen LogP) is 5.42.